The fraction of sp³-hybridized carbons (Fsp3) is 0.0714. The van der Waals surface area contributed by atoms with E-state index in [1.54, 1.807) is 0 Å². The van der Waals surface area contributed by atoms with E-state index < -0.39 is 21.6 Å². The van der Waals surface area contributed by atoms with Crippen molar-refractivity contribution in [1.82, 2.24) is 0 Å². The lowest BCUT2D eigenvalue weighted by atomic mass is 10.1. The van der Waals surface area contributed by atoms with Crippen LogP contribution in [-0.2, 0) is 9.84 Å². The number of amides is 1. The van der Waals surface area contributed by atoms with Gasteiger partial charge in [0.15, 0.2) is 9.84 Å². The Balaban J connectivity index is 2.22. The molecule has 0 fully saturated rings. The number of anilines is 2. The van der Waals surface area contributed by atoms with E-state index in [0.717, 1.165) is 12.3 Å². The van der Waals surface area contributed by atoms with Crippen LogP contribution < -0.4 is 11.1 Å². The summed E-state index contributed by atoms with van der Waals surface area (Å²) >= 11 is 0. The Kier molecular flexibility index (Phi) is 3.95. The van der Waals surface area contributed by atoms with Gasteiger partial charge in [0, 0.05) is 17.6 Å². The average Bonchev–Trinajstić information content (AvgIpc) is 2.41. The van der Waals surface area contributed by atoms with E-state index in [0.29, 0.717) is 5.69 Å². The Bertz CT molecular complexity index is 786. The van der Waals surface area contributed by atoms with Crippen LogP contribution in [0.15, 0.2) is 47.4 Å². The summed E-state index contributed by atoms with van der Waals surface area (Å²) < 4.78 is 36.2. The fourth-order valence-electron chi connectivity index (χ4n) is 1.70. The third-order valence-corrected chi connectivity index (χ3v) is 3.90. The van der Waals surface area contributed by atoms with Crippen molar-refractivity contribution in [3.8, 4) is 0 Å². The van der Waals surface area contributed by atoms with Gasteiger partial charge >= 0.3 is 0 Å². The van der Waals surface area contributed by atoms with E-state index >= 15 is 0 Å². The number of nitrogen functional groups attached to an aromatic ring is 1. The van der Waals surface area contributed by atoms with Crippen LogP contribution in [0.3, 0.4) is 0 Å². The maximum atomic E-state index is 13.5. The molecule has 0 aliphatic heterocycles. The number of hydrogen-bond donors (Lipinski definition) is 2. The van der Waals surface area contributed by atoms with Crippen LogP contribution in [0.4, 0.5) is 15.8 Å². The molecule has 0 aromatic heterocycles. The summed E-state index contributed by atoms with van der Waals surface area (Å²) in [7, 11) is -3.30. The zero-order chi connectivity index (χ0) is 15.6. The predicted molar refractivity (Wildman–Crippen MR) is 78.3 cm³/mol. The Morgan fingerprint density at radius 1 is 1.14 bits per heavy atom. The minimum Gasteiger partial charge on any atom is -0.399 e. The van der Waals surface area contributed by atoms with Gasteiger partial charge in [-0.15, -0.1) is 0 Å². The molecule has 3 N–H and O–H groups in total. The molecule has 5 nitrogen and oxygen atoms in total. The van der Waals surface area contributed by atoms with E-state index in [1.807, 2.05) is 0 Å². The summed E-state index contributed by atoms with van der Waals surface area (Å²) in [4.78, 5) is 12.1. The number of halogens is 1. The van der Waals surface area contributed by atoms with Gasteiger partial charge in [-0.3, -0.25) is 4.79 Å². The number of nitrogens with two attached hydrogens (primary N) is 1. The van der Waals surface area contributed by atoms with Crippen LogP contribution in [0.25, 0.3) is 0 Å². The van der Waals surface area contributed by atoms with E-state index in [4.69, 9.17) is 5.73 Å². The number of sulfone groups is 1. The zero-order valence-electron chi connectivity index (χ0n) is 11.1. The molecular formula is C14H13FN2O3S. The highest BCUT2D eigenvalue weighted by molar-refractivity contribution is 7.90. The zero-order valence-corrected chi connectivity index (χ0v) is 11.9. The average molecular weight is 308 g/mol. The standard InChI is InChI=1S/C14H13FN2O3S/c1-21(19,20)11-5-3-10(4-6-11)17-14(18)12-8-9(16)2-7-13(12)15/h2-8H,16H2,1H3,(H,17,18). The second-order valence-corrected chi connectivity index (χ2v) is 6.51. The first-order valence-corrected chi connectivity index (χ1v) is 7.83. The molecular weight excluding hydrogens is 295 g/mol. The van der Waals surface area contributed by atoms with Crippen LogP contribution >= 0.6 is 0 Å². The quantitative estimate of drug-likeness (QED) is 0.849. The molecule has 2 aromatic carbocycles. The van der Waals surface area contributed by atoms with Gasteiger partial charge in [0.25, 0.3) is 5.91 Å². The molecule has 0 aliphatic rings. The molecule has 0 radical (unpaired) electrons. The summed E-state index contributed by atoms with van der Waals surface area (Å²) in [5.74, 6) is -1.35. The van der Waals surface area contributed by atoms with Gasteiger partial charge < -0.3 is 11.1 Å². The Morgan fingerprint density at radius 2 is 1.76 bits per heavy atom. The predicted octanol–water partition coefficient (Wildman–Crippen LogP) is 2.06. The van der Waals surface area contributed by atoms with Crippen molar-refractivity contribution in [2.45, 2.75) is 4.90 Å². The SMILES string of the molecule is CS(=O)(=O)c1ccc(NC(=O)c2cc(N)ccc2F)cc1. The summed E-state index contributed by atoms with van der Waals surface area (Å²) in [5, 5.41) is 2.48. The van der Waals surface area contributed by atoms with Gasteiger partial charge in [-0.05, 0) is 42.5 Å². The fourth-order valence-corrected chi connectivity index (χ4v) is 2.33. The number of hydrogen-bond acceptors (Lipinski definition) is 4. The van der Waals surface area contributed by atoms with E-state index in [-0.39, 0.29) is 16.1 Å². The Labute approximate surface area is 121 Å². The van der Waals surface area contributed by atoms with Crippen LogP contribution in [-0.4, -0.2) is 20.6 Å². The van der Waals surface area contributed by atoms with Crippen LogP contribution in [0, 0.1) is 5.82 Å². The molecule has 2 aromatic rings. The smallest absolute Gasteiger partial charge is 0.258 e. The van der Waals surface area contributed by atoms with Crippen molar-refractivity contribution in [2.24, 2.45) is 0 Å². The van der Waals surface area contributed by atoms with Crippen LogP contribution in [0.5, 0.6) is 0 Å². The third-order valence-electron chi connectivity index (χ3n) is 2.78. The van der Waals surface area contributed by atoms with Crippen molar-refractivity contribution in [3.05, 3.63) is 53.8 Å². The summed E-state index contributed by atoms with van der Waals surface area (Å²) in [6.45, 7) is 0. The van der Waals surface area contributed by atoms with Gasteiger partial charge in [-0.25, -0.2) is 12.8 Å². The molecule has 0 bridgehead atoms. The molecule has 0 heterocycles. The van der Waals surface area contributed by atoms with Gasteiger partial charge in [0.1, 0.15) is 5.82 Å². The van der Waals surface area contributed by atoms with Gasteiger partial charge in [0.2, 0.25) is 0 Å². The topological polar surface area (TPSA) is 89.3 Å². The van der Waals surface area contributed by atoms with Crippen molar-refractivity contribution < 1.29 is 17.6 Å². The summed E-state index contributed by atoms with van der Waals surface area (Å²) in [6.07, 6.45) is 1.09. The second kappa shape index (κ2) is 5.53. The molecule has 110 valence electrons. The summed E-state index contributed by atoms with van der Waals surface area (Å²) in [5.41, 5.74) is 5.96. The van der Waals surface area contributed by atoms with Crippen LogP contribution in [0.2, 0.25) is 0 Å². The molecule has 0 atom stereocenters. The lowest BCUT2D eigenvalue weighted by molar-refractivity contribution is 0.102. The molecule has 2 rings (SSSR count). The minimum atomic E-state index is -3.30. The normalized spacial score (nSPS) is 11.1. The minimum absolute atomic E-state index is 0.135. The van der Waals surface area contributed by atoms with Gasteiger partial charge in [-0.1, -0.05) is 0 Å². The molecule has 0 aliphatic carbocycles. The van der Waals surface area contributed by atoms with Crippen molar-refractivity contribution in [1.29, 1.82) is 0 Å². The highest BCUT2D eigenvalue weighted by Gasteiger charge is 2.13. The highest BCUT2D eigenvalue weighted by atomic mass is 32.2. The first-order chi connectivity index (χ1) is 9.77. The number of carbonyl (C=O) groups is 1. The third kappa shape index (κ3) is 3.57. The first kappa shape index (κ1) is 15.0. The van der Waals surface area contributed by atoms with E-state index in [1.165, 1.54) is 36.4 Å². The molecule has 7 heteroatoms. The number of benzene rings is 2. The Hall–Kier alpha value is -2.41. The number of carbonyl (C=O) groups excluding carboxylic acids is 1. The van der Waals surface area contributed by atoms with Gasteiger partial charge in [-0.2, -0.15) is 0 Å². The largest absolute Gasteiger partial charge is 0.399 e. The molecule has 1 amide bonds. The van der Waals surface area contributed by atoms with Crippen molar-refractivity contribution >= 4 is 27.1 Å². The maximum Gasteiger partial charge on any atom is 0.258 e. The Morgan fingerprint density at radius 3 is 2.33 bits per heavy atom. The number of rotatable bonds is 3. The molecule has 0 saturated heterocycles. The summed E-state index contributed by atoms with van der Waals surface area (Å²) in [6, 6.07) is 9.28. The lowest BCUT2D eigenvalue weighted by Gasteiger charge is -2.07. The molecule has 21 heavy (non-hydrogen) atoms. The second-order valence-electron chi connectivity index (χ2n) is 4.49. The van der Waals surface area contributed by atoms with Crippen LogP contribution in [0.1, 0.15) is 10.4 Å². The monoisotopic (exact) mass is 308 g/mol. The maximum absolute atomic E-state index is 13.5. The first-order valence-electron chi connectivity index (χ1n) is 5.94. The molecule has 0 spiro atoms. The number of nitrogens with one attached hydrogen (secondary N) is 1. The van der Waals surface area contributed by atoms with Crippen molar-refractivity contribution in [2.75, 3.05) is 17.3 Å². The lowest BCUT2D eigenvalue weighted by Crippen LogP contribution is -2.14. The molecule has 0 unspecified atom stereocenters. The van der Waals surface area contributed by atoms with Gasteiger partial charge in [0.05, 0.1) is 10.5 Å². The van der Waals surface area contributed by atoms with Crippen molar-refractivity contribution in [3.63, 3.8) is 0 Å². The highest BCUT2D eigenvalue weighted by Crippen LogP contribution is 2.17. The molecule has 0 saturated carbocycles. The van der Waals surface area contributed by atoms with E-state index in [2.05, 4.69) is 5.32 Å². The van der Waals surface area contributed by atoms with E-state index in [9.17, 15) is 17.6 Å².